The predicted octanol–water partition coefficient (Wildman–Crippen LogP) is 2.19. The highest BCUT2D eigenvalue weighted by Crippen LogP contribution is 2.28. The number of anilines is 2. The Labute approximate surface area is 143 Å². The summed E-state index contributed by atoms with van der Waals surface area (Å²) >= 11 is 0. The van der Waals surface area contributed by atoms with Crippen molar-refractivity contribution in [3.05, 3.63) is 54.6 Å². The van der Waals surface area contributed by atoms with Gasteiger partial charge >= 0.3 is 0 Å². The van der Waals surface area contributed by atoms with Gasteiger partial charge in [0.2, 0.25) is 11.8 Å². The van der Waals surface area contributed by atoms with E-state index in [9.17, 15) is 13.8 Å². The summed E-state index contributed by atoms with van der Waals surface area (Å²) in [5.41, 5.74) is 1.49. The van der Waals surface area contributed by atoms with Crippen LogP contribution in [0.5, 0.6) is 0 Å². The van der Waals surface area contributed by atoms with Gasteiger partial charge in [0.1, 0.15) is 5.25 Å². The van der Waals surface area contributed by atoms with E-state index in [0.29, 0.717) is 10.6 Å². The third kappa shape index (κ3) is 2.97. The summed E-state index contributed by atoms with van der Waals surface area (Å²) in [5, 5.41) is -0.826. The Hall–Kier alpha value is -2.47. The maximum atomic E-state index is 12.7. The van der Waals surface area contributed by atoms with Crippen LogP contribution < -0.4 is 9.80 Å². The monoisotopic (exact) mass is 342 g/mol. The molecule has 1 aliphatic rings. The number of carbonyl (C=O) groups is 2. The Morgan fingerprint density at radius 3 is 2.21 bits per heavy atom. The zero-order valence-corrected chi connectivity index (χ0v) is 14.3. The van der Waals surface area contributed by atoms with Crippen LogP contribution in [0.3, 0.4) is 0 Å². The SMILES string of the molecule is CN(C)c1ccc(N2C(=O)CC(S(=O)c3ccccc3)C2=O)cc1. The van der Waals surface area contributed by atoms with Gasteiger partial charge in [-0.15, -0.1) is 0 Å². The molecule has 1 aliphatic heterocycles. The van der Waals surface area contributed by atoms with E-state index in [2.05, 4.69) is 0 Å². The van der Waals surface area contributed by atoms with Gasteiger partial charge in [0.15, 0.2) is 0 Å². The molecule has 0 N–H and O–H groups in total. The molecule has 0 spiro atoms. The van der Waals surface area contributed by atoms with Crippen LogP contribution in [-0.4, -0.2) is 35.4 Å². The topological polar surface area (TPSA) is 57.7 Å². The molecule has 1 fully saturated rings. The highest BCUT2D eigenvalue weighted by atomic mass is 32.2. The van der Waals surface area contributed by atoms with Crippen LogP contribution in [0, 0.1) is 0 Å². The second-order valence-corrected chi connectivity index (χ2v) is 7.42. The molecule has 2 amide bonds. The minimum absolute atomic E-state index is 0.0320. The van der Waals surface area contributed by atoms with Crippen LogP contribution in [0.25, 0.3) is 0 Å². The molecule has 24 heavy (non-hydrogen) atoms. The van der Waals surface area contributed by atoms with E-state index in [1.807, 2.05) is 37.2 Å². The van der Waals surface area contributed by atoms with Crippen LogP contribution in [0.1, 0.15) is 6.42 Å². The molecule has 0 saturated carbocycles. The number of hydrogen-bond donors (Lipinski definition) is 0. The number of amides is 2. The fraction of sp³-hybridized carbons (Fsp3) is 0.222. The first-order valence-electron chi connectivity index (χ1n) is 7.59. The molecule has 0 aliphatic carbocycles. The van der Waals surface area contributed by atoms with E-state index in [4.69, 9.17) is 0 Å². The zero-order chi connectivity index (χ0) is 17.3. The van der Waals surface area contributed by atoms with Gasteiger partial charge in [-0.1, -0.05) is 18.2 Å². The van der Waals surface area contributed by atoms with Gasteiger partial charge in [0, 0.05) is 24.7 Å². The van der Waals surface area contributed by atoms with Crippen LogP contribution in [-0.2, 0) is 20.4 Å². The molecule has 1 saturated heterocycles. The molecular weight excluding hydrogens is 324 g/mol. The quantitative estimate of drug-likeness (QED) is 0.799. The first kappa shape index (κ1) is 16.4. The highest BCUT2D eigenvalue weighted by Gasteiger charge is 2.43. The summed E-state index contributed by atoms with van der Waals surface area (Å²) in [4.78, 5) is 28.6. The predicted molar refractivity (Wildman–Crippen MR) is 94.5 cm³/mol. The van der Waals surface area contributed by atoms with Gasteiger partial charge < -0.3 is 4.90 Å². The van der Waals surface area contributed by atoms with E-state index in [1.54, 1.807) is 36.4 Å². The summed E-state index contributed by atoms with van der Waals surface area (Å²) in [6, 6.07) is 15.9. The Morgan fingerprint density at radius 2 is 1.62 bits per heavy atom. The van der Waals surface area contributed by atoms with E-state index >= 15 is 0 Å². The number of benzene rings is 2. The third-order valence-electron chi connectivity index (χ3n) is 3.96. The van der Waals surface area contributed by atoms with Gasteiger partial charge in [-0.2, -0.15) is 0 Å². The Balaban J connectivity index is 1.85. The molecule has 0 bridgehead atoms. The second kappa shape index (κ2) is 6.57. The summed E-state index contributed by atoms with van der Waals surface area (Å²) in [7, 11) is 2.30. The molecule has 2 unspecified atom stereocenters. The van der Waals surface area contributed by atoms with Crippen LogP contribution >= 0.6 is 0 Å². The summed E-state index contributed by atoms with van der Waals surface area (Å²) in [6.45, 7) is 0. The molecule has 6 heteroatoms. The average Bonchev–Trinajstić information content (AvgIpc) is 2.89. The summed E-state index contributed by atoms with van der Waals surface area (Å²) in [5.74, 6) is -0.716. The van der Waals surface area contributed by atoms with Gasteiger partial charge in [0.25, 0.3) is 0 Å². The largest absolute Gasteiger partial charge is 0.378 e. The molecule has 1 heterocycles. The number of rotatable bonds is 4. The molecule has 124 valence electrons. The first-order valence-corrected chi connectivity index (χ1v) is 8.80. The molecule has 5 nitrogen and oxygen atoms in total. The van der Waals surface area contributed by atoms with Crippen LogP contribution in [0.15, 0.2) is 59.5 Å². The molecule has 0 radical (unpaired) electrons. The standard InChI is InChI=1S/C18H18N2O3S/c1-19(2)13-8-10-14(11-9-13)20-17(21)12-16(18(20)22)24(23)15-6-4-3-5-7-15/h3-11,16H,12H2,1-2H3. The van der Waals surface area contributed by atoms with Crippen molar-refractivity contribution in [2.45, 2.75) is 16.6 Å². The number of nitrogens with zero attached hydrogens (tertiary/aromatic N) is 2. The lowest BCUT2D eigenvalue weighted by atomic mass is 10.2. The van der Waals surface area contributed by atoms with Crippen molar-refractivity contribution in [1.29, 1.82) is 0 Å². The normalized spacial score (nSPS) is 18.8. The molecule has 2 atom stereocenters. The minimum atomic E-state index is -1.54. The van der Waals surface area contributed by atoms with Gasteiger partial charge in [-0.05, 0) is 36.4 Å². The maximum Gasteiger partial charge on any atom is 0.250 e. The Kier molecular flexibility index (Phi) is 4.49. The van der Waals surface area contributed by atoms with Gasteiger partial charge in [0.05, 0.1) is 22.9 Å². The second-order valence-electron chi connectivity index (χ2n) is 5.78. The smallest absolute Gasteiger partial charge is 0.250 e. The Bertz CT molecular complexity index is 788. The molecule has 2 aromatic carbocycles. The number of imide groups is 1. The lowest BCUT2D eigenvalue weighted by molar-refractivity contribution is -0.121. The van der Waals surface area contributed by atoms with Gasteiger partial charge in [-0.3, -0.25) is 13.8 Å². The van der Waals surface area contributed by atoms with Gasteiger partial charge in [-0.25, -0.2) is 4.90 Å². The zero-order valence-electron chi connectivity index (χ0n) is 13.5. The molecular formula is C18H18N2O3S. The molecule has 3 rings (SSSR count). The van der Waals surface area contributed by atoms with E-state index < -0.39 is 22.0 Å². The van der Waals surface area contributed by atoms with E-state index in [0.717, 1.165) is 10.6 Å². The fourth-order valence-electron chi connectivity index (χ4n) is 2.66. The van der Waals surface area contributed by atoms with Crippen molar-refractivity contribution in [1.82, 2.24) is 0 Å². The third-order valence-corrected chi connectivity index (χ3v) is 5.59. The maximum absolute atomic E-state index is 12.7. The molecule has 2 aromatic rings. The van der Waals surface area contributed by atoms with E-state index in [-0.39, 0.29) is 12.3 Å². The van der Waals surface area contributed by atoms with Crippen LogP contribution in [0.4, 0.5) is 11.4 Å². The first-order chi connectivity index (χ1) is 11.5. The lowest BCUT2D eigenvalue weighted by Crippen LogP contribution is -2.33. The van der Waals surface area contributed by atoms with Crippen molar-refractivity contribution in [2.24, 2.45) is 0 Å². The Morgan fingerprint density at radius 1 is 1.00 bits per heavy atom. The van der Waals surface area contributed by atoms with Crippen molar-refractivity contribution >= 4 is 34.0 Å². The van der Waals surface area contributed by atoms with E-state index in [1.165, 1.54) is 0 Å². The van der Waals surface area contributed by atoms with Crippen molar-refractivity contribution < 1.29 is 13.8 Å². The van der Waals surface area contributed by atoms with Crippen molar-refractivity contribution in [3.8, 4) is 0 Å². The average molecular weight is 342 g/mol. The minimum Gasteiger partial charge on any atom is -0.378 e. The van der Waals surface area contributed by atoms with Crippen molar-refractivity contribution in [2.75, 3.05) is 23.9 Å². The fourth-order valence-corrected chi connectivity index (χ4v) is 4.00. The molecule has 0 aromatic heterocycles. The summed E-state index contributed by atoms with van der Waals surface area (Å²) < 4.78 is 12.6. The lowest BCUT2D eigenvalue weighted by Gasteiger charge is -2.17. The number of hydrogen-bond acceptors (Lipinski definition) is 4. The summed E-state index contributed by atoms with van der Waals surface area (Å²) in [6.07, 6.45) is -0.0320. The van der Waals surface area contributed by atoms with Crippen LogP contribution in [0.2, 0.25) is 0 Å². The number of carbonyl (C=O) groups excluding carboxylic acids is 2. The highest BCUT2D eigenvalue weighted by molar-refractivity contribution is 7.86. The van der Waals surface area contributed by atoms with Crippen molar-refractivity contribution in [3.63, 3.8) is 0 Å².